The van der Waals surface area contributed by atoms with Crippen LogP contribution in [0.4, 0.5) is 0 Å². The van der Waals surface area contributed by atoms with Crippen LogP contribution in [0.3, 0.4) is 0 Å². The first-order valence-corrected chi connectivity index (χ1v) is 6.53. The van der Waals surface area contributed by atoms with Crippen LogP contribution in [0.1, 0.15) is 6.42 Å². The van der Waals surface area contributed by atoms with Crippen molar-refractivity contribution in [1.29, 1.82) is 0 Å². The van der Waals surface area contributed by atoms with Crippen LogP contribution in [-0.4, -0.2) is 14.9 Å². The van der Waals surface area contributed by atoms with Gasteiger partial charge in [-0.15, -0.1) is 11.3 Å². The number of aryl methyl sites for hydroxylation is 1. The monoisotopic (exact) mass is 270 g/mol. The van der Waals surface area contributed by atoms with Gasteiger partial charge in [-0.1, -0.05) is 22.0 Å². The van der Waals surface area contributed by atoms with E-state index in [-0.39, 0.29) is 0 Å². The molecule has 0 amide bonds. The highest BCUT2D eigenvalue weighted by Crippen LogP contribution is 2.22. The van der Waals surface area contributed by atoms with Crippen molar-refractivity contribution in [3.8, 4) is 10.7 Å². The third kappa shape index (κ3) is 2.07. The molecule has 0 aliphatic heterocycles. The van der Waals surface area contributed by atoms with Gasteiger partial charge in [-0.25, -0.2) is 4.98 Å². The van der Waals surface area contributed by atoms with E-state index in [0.717, 1.165) is 24.1 Å². The Morgan fingerprint density at radius 3 is 3.14 bits per heavy atom. The van der Waals surface area contributed by atoms with E-state index in [1.54, 1.807) is 11.3 Å². The summed E-state index contributed by atoms with van der Waals surface area (Å²) >= 11 is 5.17. The Morgan fingerprint density at radius 2 is 2.43 bits per heavy atom. The average molecular weight is 271 g/mol. The van der Waals surface area contributed by atoms with Crippen molar-refractivity contribution in [1.82, 2.24) is 9.55 Å². The van der Waals surface area contributed by atoms with Gasteiger partial charge >= 0.3 is 0 Å². The highest BCUT2D eigenvalue weighted by molar-refractivity contribution is 9.09. The summed E-state index contributed by atoms with van der Waals surface area (Å²) in [6, 6.07) is 4.17. The first kappa shape index (κ1) is 9.93. The molecule has 74 valence electrons. The molecule has 0 fully saturated rings. The molecule has 0 radical (unpaired) electrons. The van der Waals surface area contributed by atoms with Crippen LogP contribution in [0, 0.1) is 0 Å². The molecule has 0 aromatic carbocycles. The highest BCUT2D eigenvalue weighted by atomic mass is 79.9. The maximum Gasteiger partial charge on any atom is 0.149 e. The summed E-state index contributed by atoms with van der Waals surface area (Å²) in [6.45, 7) is 1.03. The Morgan fingerprint density at radius 1 is 1.50 bits per heavy atom. The molecule has 2 aromatic heterocycles. The number of imidazole rings is 1. The third-order valence-corrected chi connectivity index (χ3v) is 3.42. The minimum Gasteiger partial charge on any atom is -0.330 e. The Bertz CT molecular complexity index is 380. The predicted octanol–water partition coefficient (Wildman–Crippen LogP) is 3.40. The van der Waals surface area contributed by atoms with Crippen LogP contribution in [0.2, 0.25) is 0 Å². The largest absolute Gasteiger partial charge is 0.330 e. The molecule has 0 bridgehead atoms. The summed E-state index contributed by atoms with van der Waals surface area (Å²) in [5.41, 5.74) is 0. The Labute approximate surface area is 95.7 Å². The van der Waals surface area contributed by atoms with E-state index in [4.69, 9.17) is 0 Å². The lowest BCUT2D eigenvalue weighted by Gasteiger charge is -2.04. The summed E-state index contributed by atoms with van der Waals surface area (Å²) in [7, 11) is 0. The minimum atomic E-state index is 1.03. The van der Waals surface area contributed by atoms with Crippen LogP contribution >= 0.6 is 27.3 Å². The number of rotatable bonds is 4. The van der Waals surface area contributed by atoms with E-state index in [1.165, 1.54) is 4.88 Å². The van der Waals surface area contributed by atoms with Crippen molar-refractivity contribution in [3.63, 3.8) is 0 Å². The summed E-state index contributed by atoms with van der Waals surface area (Å²) in [4.78, 5) is 5.61. The second-order valence-electron chi connectivity index (χ2n) is 2.96. The van der Waals surface area contributed by atoms with Crippen LogP contribution in [0.25, 0.3) is 10.7 Å². The van der Waals surface area contributed by atoms with E-state index in [1.807, 2.05) is 12.4 Å². The molecule has 0 saturated heterocycles. The number of hydrogen-bond donors (Lipinski definition) is 0. The summed E-state index contributed by atoms with van der Waals surface area (Å²) in [5.74, 6) is 1.08. The normalized spacial score (nSPS) is 10.6. The van der Waals surface area contributed by atoms with Crippen molar-refractivity contribution in [2.45, 2.75) is 13.0 Å². The predicted molar refractivity (Wildman–Crippen MR) is 64.0 cm³/mol. The fourth-order valence-electron chi connectivity index (χ4n) is 1.35. The average Bonchev–Trinajstić information content (AvgIpc) is 2.84. The molecule has 2 heterocycles. The molecule has 14 heavy (non-hydrogen) atoms. The number of alkyl halides is 1. The van der Waals surface area contributed by atoms with Crippen molar-refractivity contribution in [2.24, 2.45) is 0 Å². The van der Waals surface area contributed by atoms with E-state index in [0.29, 0.717) is 0 Å². The molecule has 4 heteroatoms. The van der Waals surface area contributed by atoms with Gasteiger partial charge in [0.15, 0.2) is 0 Å². The Balaban J connectivity index is 2.22. The quantitative estimate of drug-likeness (QED) is 0.779. The molecule has 0 aliphatic carbocycles. The standard InChI is InChI=1S/C10H11BrN2S/c11-4-2-6-13-7-5-12-10(13)9-3-1-8-14-9/h1,3,5,7-8H,2,4,6H2. The molecule has 0 aliphatic rings. The molecule has 0 unspecified atom stereocenters. The van der Waals surface area contributed by atoms with Crippen molar-refractivity contribution in [3.05, 3.63) is 29.9 Å². The van der Waals surface area contributed by atoms with Crippen LogP contribution in [-0.2, 0) is 6.54 Å². The van der Waals surface area contributed by atoms with Gasteiger partial charge in [0, 0.05) is 24.3 Å². The second-order valence-corrected chi connectivity index (χ2v) is 4.70. The fraction of sp³-hybridized carbons (Fsp3) is 0.300. The van der Waals surface area contributed by atoms with E-state index < -0.39 is 0 Å². The topological polar surface area (TPSA) is 17.8 Å². The van der Waals surface area contributed by atoms with Gasteiger partial charge in [0.1, 0.15) is 5.82 Å². The van der Waals surface area contributed by atoms with Crippen molar-refractivity contribution < 1.29 is 0 Å². The maximum absolute atomic E-state index is 4.37. The van der Waals surface area contributed by atoms with Crippen LogP contribution in [0.15, 0.2) is 29.9 Å². The van der Waals surface area contributed by atoms with Gasteiger partial charge in [0.2, 0.25) is 0 Å². The highest BCUT2D eigenvalue weighted by Gasteiger charge is 2.05. The van der Waals surface area contributed by atoms with E-state index in [2.05, 4.69) is 43.0 Å². The van der Waals surface area contributed by atoms with Gasteiger partial charge in [0.05, 0.1) is 4.88 Å². The minimum absolute atomic E-state index is 1.03. The first-order valence-electron chi connectivity index (χ1n) is 4.53. The third-order valence-electron chi connectivity index (χ3n) is 1.99. The molecule has 0 atom stereocenters. The Kier molecular flexibility index (Phi) is 3.37. The van der Waals surface area contributed by atoms with Gasteiger partial charge < -0.3 is 4.57 Å². The zero-order valence-corrected chi connectivity index (χ0v) is 10.1. The molecule has 0 spiro atoms. The lowest BCUT2D eigenvalue weighted by Crippen LogP contribution is -1.98. The molecule has 0 N–H and O–H groups in total. The maximum atomic E-state index is 4.37. The number of aromatic nitrogens is 2. The van der Waals surface area contributed by atoms with Gasteiger partial charge in [-0.3, -0.25) is 0 Å². The Hall–Kier alpha value is -0.610. The zero-order valence-electron chi connectivity index (χ0n) is 7.69. The molecular weight excluding hydrogens is 260 g/mol. The first-order chi connectivity index (χ1) is 6.92. The SMILES string of the molecule is BrCCCn1ccnc1-c1cccs1. The lowest BCUT2D eigenvalue weighted by molar-refractivity contribution is 0.693. The number of thiophene rings is 1. The summed E-state index contributed by atoms with van der Waals surface area (Å²) < 4.78 is 2.20. The van der Waals surface area contributed by atoms with Gasteiger partial charge in [0.25, 0.3) is 0 Å². The zero-order chi connectivity index (χ0) is 9.80. The molecule has 2 rings (SSSR count). The fourth-order valence-corrected chi connectivity index (χ4v) is 2.34. The summed E-state index contributed by atoms with van der Waals surface area (Å²) in [6.07, 6.45) is 5.04. The molecule has 2 aromatic rings. The van der Waals surface area contributed by atoms with Crippen molar-refractivity contribution >= 4 is 27.3 Å². The second kappa shape index (κ2) is 4.75. The van der Waals surface area contributed by atoms with Crippen LogP contribution < -0.4 is 0 Å². The number of hydrogen-bond acceptors (Lipinski definition) is 2. The molecular formula is C10H11BrN2S. The number of nitrogens with zero attached hydrogens (tertiary/aromatic N) is 2. The molecule has 2 nitrogen and oxygen atoms in total. The van der Waals surface area contributed by atoms with Gasteiger partial charge in [-0.2, -0.15) is 0 Å². The van der Waals surface area contributed by atoms with Crippen LogP contribution in [0.5, 0.6) is 0 Å². The lowest BCUT2D eigenvalue weighted by atomic mass is 10.4. The number of halogens is 1. The smallest absolute Gasteiger partial charge is 0.149 e. The summed E-state index contributed by atoms with van der Waals surface area (Å²) in [5, 5.41) is 3.12. The van der Waals surface area contributed by atoms with Crippen molar-refractivity contribution in [2.75, 3.05) is 5.33 Å². The van der Waals surface area contributed by atoms with E-state index >= 15 is 0 Å². The van der Waals surface area contributed by atoms with Gasteiger partial charge in [-0.05, 0) is 17.9 Å². The molecule has 0 saturated carbocycles. The van der Waals surface area contributed by atoms with E-state index in [9.17, 15) is 0 Å².